The highest BCUT2D eigenvalue weighted by atomic mass is 127. The third kappa shape index (κ3) is 8.35. The third-order valence-electron chi connectivity index (χ3n) is 4.67. The lowest BCUT2D eigenvalue weighted by Crippen LogP contribution is -2.46. The molecular weight excluding hydrogens is 485 g/mol. The molecule has 0 radical (unpaired) electrons. The molecule has 8 nitrogen and oxygen atoms in total. The van der Waals surface area contributed by atoms with Gasteiger partial charge in [-0.05, 0) is 24.6 Å². The Bertz CT molecular complexity index is 634. The molecule has 1 amide bonds. The monoisotopic (exact) mass is 519 g/mol. The number of hydrogen-bond acceptors (Lipinski definition) is 5. The Kier molecular flexibility index (Phi) is 11.9. The number of amides is 1. The van der Waals surface area contributed by atoms with Crippen molar-refractivity contribution in [3.63, 3.8) is 0 Å². The van der Waals surface area contributed by atoms with Gasteiger partial charge in [0.05, 0.1) is 26.4 Å². The molecule has 1 unspecified atom stereocenters. The Morgan fingerprint density at radius 3 is 2.45 bits per heavy atom. The van der Waals surface area contributed by atoms with Crippen LogP contribution in [0.5, 0.6) is 5.75 Å². The summed E-state index contributed by atoms with van der Waals surface area (Å²) in [6.07, 6.45) is 0. The molecule has 1 aliphatic heterocycles. The van der Waals surface area contributed by atoms with Gasteiger partial charge in [0.25, 0.3) is 0 Å². The number of likely N-dealkylation sites (N-methyl/N-ethyl adjacent to an activating group) is 1. The second-order valence-electron chi connectivity index (χ2n) is 6.80. The van der Waals surface area contributed by atoms with Crippen molar-refractivity contribution in [3.05, 3.63) is 29.8 Å². The summed E-state index contributed by atoms with van der Waals surface area (Å²) in [6, 6.07) is 8.33. The maximum Gasteiger partial charge on any atom is 0.243 e. The van der Waals surface area contributed by atoms with Crippen molar-refractivity contribution in [3.8, 4) is 5.75 Å². The normalized spacial score (nSPS) is 15.8. The number of benzene rings is 1. The summed E-state index contributed by atoms with van der Waals surface area (Å²) in [5.74, 6) is 1.45. The van der Waals surface area contributed by atoms with Crippen molar-refractivity contribution in [2.45, 2.75) is 13.0 Å². The lowest BCUT2D eigenvalue weighted by molar-refractivity contribution is -0.127. The third-order valence-corrected chi connectivity index (χ3v) is 4.67. The van der Waals surface area contributed by atoms with E-state index >= 15 is 0 Å². The lowest BCUT2D eigenvalue weighted by Gasteiger charge is -2.35. The molecule has 0 aromatic heterocycles. The number of carbonyl (C=O) groups excluding carboxylic acids is 1. The van der Waals surface area contributed by atoms with E-state index in [0.29, 0.717) is 12.5 Å². The molecule has 2 rings (SSSR count). The van der Waals surface area contributed by atoms with Crippen LogP contribution in [0.1, 0.15) is 18.5 Å². The molecule has 1 aromatic rings. The predicted octanol–water partition coefficient (Wildman–Crippen LogP) is 1.33. The number of methoxy groups -OCH3 is 1. The Hall–Kier alpha value is -1.59. The number of hydrogen-bond donors (Lipinski definition) is 2. The fraction of sp³-hybridized carbons (Fsp3) is 0.600. The highest BCUT2D eigenvalue weighted by Gasteiger charge is 2.23. The van der Waals surface area contributed by atoms with E-state index in [-0.39, 0.29) is 42.5 Å². The first-order valence-electron chi connectivity index (χ1n) is 9.73. The standard InChI is InChI=1S/C20H33N5O3.HI/c1-5-21-20(23-15-19(26)24(2)3)22-14-18(25-10-12-28-13-11-25)16-6-8-17(27-4)9-7-16;/h6-9,18H,5,10-15H2,1-4H3,(H2,21,22,23);1H. The number of ether oxygens (including phenoxy) is 2. The average Bonchev–Trinajstić information content (AvgIpc) is 2.73. The summed E-state index contributed by atoms with van der Waals surface area (Å²) in [7, 11) is 5.14. The second-order valence-corrected chi connectivity index (χ2v) is 6.80. The van der Waals surface area contributed by atoms with Crippen molar-refractivity contribution in [2.75, 3.05) is 67.1 Å². The number of guanidine groups is 1. The fourth-order valence-corrected chi connectivity index (χ4v) is 3.00. The van der Waals surface area contributed by atoms with Crippen LogP contribution >= 0.6 is 24.0 Å². The van der Waals surface area contributed by atoms with E-state index in [1.807, 2.05) is 19.1 Å². The molecule has 1 aromatic carbocycles. The van der Waals surface area contributed by atoms with Crippen molar-refractivity contribution in [2.24, 2.45) is 4.99 Å². The van der Waals surface area contributed by atoms with Crippen molar-refractivity contribution in [1.29, 1.82) is 0 Å². The number of aliphatic imine (C=N–C) groups is 1. The summed E-state index contributed by atoms with van der Waals surface area (Å²) >= 11 is 0. The first-order chi connectivity index (χ1) is 13.5. The molecule has 1 fully saturated rings. The maximum absolute atomic E-state index is 11.8. The smallest absolute Gasteiger partial charge is 0.243 e. The van der Waals surface area contributed by atoms with Gasteiger partial charge in [0.15, 0.2) is 5.96 Å². The molecule has 1 aliphatic rings. The zero-order chi connectivity index (χ0) is 20.4. The van der Waals surface area contributed by atoms with Crippen LogP contribution in [-0.2, 0) is 9.53 Å². The van der Waals surface area contributed by atoms with Gasteiger partial charge >= 0.3 is 0 Å². The minimum absolute atomic E-state index is 0. The number of rotatable bonds is 8. The number of morpholine rings is 1. The lowest BCUT2D eigenvalue weighted by atomic mass is 10.0. The summed E-state index contributed by atoms with van der Waals surface area (Å²) in [5, 5.41) is 6.60. The molecule has 0 aliphatic carbocycles. The molecule has 0 spiro atoms. The molecular formula is C20H34IN5O3. The van der Waals surface area contributed by atoms with Crippen LogP contribution in [0.15, 0.2) is 29.3 Å². The Labute approximate surface area is 191 Å². The highest BCUT2D eigenvalue weighted by molar-refractivity contribution is 14.0. The Balaban J connectivity index is 0.00000420. The van der Waals surface area contributed by atoms with Gasteiger partial charge in [-0.2, -0.15) is 0 Å². The van der Waals surface area contributed by atoms with Gasteiger partial charge in [-0.3, -0.25) is 9.69 Å². The van der Waals surface area contributed by atoms with Gasteiger partial charge in [0, 0.05) is 40.3 Å². The van der Waals surface area contributed by atoms with Crippen LogP contribution in [0.4, 0.5) is 0 Å². The topological polar surface area (TPSA) is 78.4 Å². The summed E-state index contributed by atoms with van der Waals surface area (Å²) in [5.41, 5.74) is 1.20. The Morgan fingerprint density at radius 1 is 1.24 bits per heavy atom. The largest absolute Gasteiger partial charge is 0.497 e. The summed E-state index contributed by atoms with van der Waals surface area (Å²) in [6.45, 7) is 6.76. The molecule has 1 saturated heterocycles. The molecule has 2 N–H and O–H groups in total. The van der Waals surface area contributed by atoms with Crippen molar-refractivity contribution >= 4 is 35.8 Å². The molecule has 1 heterocycles. The Morgan fingerprint density at radius 2 is 1.90 bits per heavy atom. The van der Waals surface area contributed by atoms with Gasteiger partial charge in [0.1, 0.15) is 12.3 Å². The molecule has 29 heavy (non-hydrogen) atoms. The second kappa shape index (κ2) is 13.6. The molecule has 164 valence electrons. The molecule has 0 saturated carbocycles. The molecule has 0 bridgehead atoms. The first-order valence-corrected chi connectivity index (χ1v) is 9.73. The number of nitrogens with zero attached hydrogens (tertiary/aromatic N) is 3. The first kappa shape index (κ1) is 25.4. The number of halogens is 1. The SMILES string of the molecule is CCNC(=NCC(=O)N(C)C)NCC(c1ccc(OC)cc1)N1CCOCC1.I. The fourth-order valence-electron chi connectivity index (χ4n) is 3.00. The van der Waals surface area contributed by atoms with Crippen molar-refractivity contribution < 1.29 is 14.3 Å². The van der Waals surface area contributed by atoms with E-state index in [9.17, 15) is 4.79 Å². The van der Waals surface area contributed by atoms with Crippen LogP contribution in [0.25, 0.3) is 0 Å². The van der Waals surface area contributed by atoms with Crippen molar-refractivity contribution in [1.82, 2.24) is 20.4 Å². The highest BCUT2D eigenvalue weighted by Crippen LogP contribution is 2.23. The minimum Gasteiger partial charge on any atom is -0.497 e. The number of nitrogens with one attached hydrogen (secondary N) is 2. The molecule has 1 atom stereocenters. The van der Waals surface area contributed by atoms with Gasteiger partial charge in [0.2, 0.25) is 5.91 Å². The zero-order valence-electron chi connectivity index (χ0n) is 17.8. The van der Waals surface area contributed by atoms with Gasteiger partial charge in [-0.15, -0.1) is 24.0 Å². The van der Waals surface area contributed by atoms with Gasteiger partial charge < -0.3 is 25.0 Å². The van der Waals surface area contributed by atoms with Gasteiger partial charge in [-0.1, -0.05) is 12.1 Å². The van der Waals surface area contributed by atoms with E-state index < -0.39 is 0 Å². The van der Waals surface area contributed by atoms with E-state index in [1.165, 1.54) is 5.56 Å². The quantitative estimate of drug-likeness (QED) is 0.307. The average molecular weight is 519 g/mol. The van der Waals surface area contributed by atoms with Crippen LogP contribution < -0.4 is 15.4 Å². The van der Waals surface area contributed by atoms with E-state index in [0.717, 1.165) is 38.6 Å². The van der Waals surface area contributed by atoms with Crippen LogP contribution in [-0.4, -0.2) is 88.8 Å². The summed E-state index contributed by atoms with van der Waals surface area (Å²) in [4.78, 5) is 20.2. The van der Waals surface area contributed by atoms with E-state index in [2.05, 4.69) is 32.7 Å². The maximum atomic E-state index is 11.8. The minimum atomic E-state index is -0.0305. The van der Waals surface area contributed by atoms with E-state index in [1.54, 1.807) is 26.1 Å². The molecule has 9 heteroatoms. The van der Waals surface area contributed by atoms with Crippen LogP contribution in [0.2, 0.25) is 0 Å². The van der Waals surface area contributed by atoms with Crippen LogP contribution in [0.3, 0.4) is 0 Å². The van der Waals surface area contributed by atoms with E-state index in [4.69, 9.17) is 9.47 Å². The zero-order valence-corrected chi connectivity index (χ0v) is 20.1. The van der Waals surface area contributed by atoms with Crippen LogP contribution in [0, 0.1) is 0 Å². The number of carbonyl (C=O) groups is 1. The summed E-state index contributed by atoms with van der Waals surface area (Å²) < 4.78 is 10.8. The van der Waals surface area contributed by atoms with Gasteiger partial charge in [-0.25, -0.2) is 4.99 Å². The predicted molar refractivity (Wildman–Crippen MR) is 126 cm³/mol.